The van der Waals surface area contributed by atoms with Crippen LogP contribution in [0.1, 0.15) is 55.6 Å². The van der Waals surface area contributed by atoms with E-state index in [9.17, 15) is 14.4 Å². The fourth-order valence-corrected chi connectivity index (χ4v) is 1.54. The molecule has 1 aromatic rings. The minimum atomic E-state index is -0.853. The van der Waals surface area contributed by atoms with E-state index in [1.54, 1.807) is 34.6 Å². The molecule has 8 heteroatoms. The third-order valence-electron chi connectivity index (χ3n) is 2.30. The maximum atomic E-state index is 12.1. The number of hydrogen-bond donors (Lipinski definition) is 0. The molecule has 122 valence electrons. The molecule has 0 aromatic carbocycles. The molecule has 0 radical (unpaired) electrons. The Kier molecular flexibility index (Phi) is 5.67. The molecule has 0 aliphatic heterocycles. The summed E-state index contributed by atoms with van der Waals surface area (Å²) in [6, 6.07) is 0. The molecule has 22 heavy (non-hydrogen) atoms. The largest absolute Gasteiger partial charge is 0.461 e. The Morgan fingerprint density at radius 1 is 1.09 bits per heavy atom. The topological polar surface area (TPSA) is 96.7 Å². The van der Waals surface area contributed by atoms with Crippen LogP contribution >= 0.6 is 0 Å². The summed E-state index contributed by atoms with van der Waals surface area (Å²) >= 11 is 0. The van der Waals surface area contributed by atoms with Crippen molar-refractivity contribution in [2.24, 2.45) is 0 Å². The second-order valence-corrected chi connectivity index (χ2v) is 5.23. The second kappa shape index (κ2) is 7.06. The SMILES string of the molecule is CCOC(=O)c1ncn(C(=O)OC(C)(C)C)c1C(=O)OCC. The first kappa shape index (κ1) is 17.7. The average molecular weight is 312 g/mol. The maximum absolute atomic E-state index is 12.1. The van der Waals surface area contributed by atoms with Crippen LogP contribution in [0, 0.1) is 0 Å². The minimum Gasteiger partial charge on any atom is -0.461 e. The number of aromatic nitrogens is 2. The van der Waals surface area contributed by atoms with Crippen molar-refractivity contribution in [3.8, 4) is 0 Å². The van der Waals surface area contributed by atoms with Crippen molar-refractivity contribution < 1.29 is 28.6 Å². The van der Waals surface area contributed by atoms with Gasteiger partial charge in [-0.05, 0) is 34.6 Å². The van der Waals surface area contributed by atoms with Gasteiger partial charge in [-0.2, -0.15) is 0 Å². The monoisotopic (exact) mass is 312 g/mol. The highest BCUT2D eigenvalue weighted by atomic mass is 16.6. The number of esters is 2. The summed E-state index contributed by atoms with van der Waals surface area (Å²) in [6.45, 7) is 8.46. The third-order valence-corrected chi connectivity index (χ3v) is 2.30. The predicted octanol–water partition coefficient (Wildman–Crippen LogP) is 2.02. The maximum Gasteiger partial charge on any atom is 0.420 e. The Morgan fingerprint density at radius 3 is 2.14 bits per heavy atom. The standard InChI is InChI=1S/C14H20N2O6/c1-6-20-11(17)9-10(12(18)21-7-2)16(8-15-9)13(19)22-14(3,4)5/h8H,6-7H2,1-5H3. The zero-order valence-corrected chi connectivity index (χ0v) is 13.3. The zero-order valence-electron chi connectivity index (χ0n) is 13.3. The van der Waals surface area contributed by atoms with Crippen LogP contribution in [0.4, 0.5) is 4.79 Å². The molecule has 0 aliphatic rings. The van der Waals surface area contributed by atoms with Crippen LogP contribution < -0.4 is 0 Å². The van der Waals surface area contributed by atoms with E-state index in [0.29, 0.717) is 0 Å². The van der Waals surface area contributed by atoms with Gasteiger partial charge in [0.1, 0.15) is 11.9 Å². The van der Waals surface area contributed by atoms with Gasteiger partial charge in [0.25, 0.3) is 0 Å². The molecule has 1 aromatic heterocycles. The van der Waals surface area contributed by atoms with Crippen LogP contribution in [0.15, 0.2) is 6.33 Å². The molecule has 1 rings (SSSR count). The molecular weight excluding hydrogens is 292 g/mol. The van der Waals surface area contributed by atoms with E-state index in [-0.39, 0.29) is 24.6 Å². The lowest BCUT2D eigenvalue weighted by molar-refractivity contribution is 0.0432. The van der Waals surface area contributed by atoms with Crippen molar-refractivity contribution in [2.75, 3.05) is 13.2 Å². The lowest BCUT2D eigenvalue weighted by atomic mass is 10.2. The van der Waals surface area contributed by atoms with Crippen molar-refractivity contribution in [3.63, 3.8) is 0 Å². The van der Waals surface area contributed by atoms with Crippen molar-refractivity contribution >= 4 is 18.0 Å². The number of hydrogen-bond acceptors (Lipinski definition) is 7. The Hall–Kier alpha value is -2.38. The van der Waals surface area contributed by atoms with Crippen molar-refractivity contribution in [1.82, 2.24) is 9.55 Å². The van der Waals surface area contributed by atoms with Gasteiger partial charge in [-0.25, -0.2) is 23.9 Å². The van der Waals surface area contributed by atoms with Crippen LogP contribution in [0.25, 0.3) is 0 Å². The first-order chi connectivity index (χ1) is 10.2. The molecule has 1 heterocycles. The number of carbonyl (C=O) groups excluding carboxylic acids is 3. The van der Waals surface area contributed by atoms with E-state index in [1.165, 1.54) is 0 Å². The van der Waals surface area contributed by atoms with Crippen LogP contribution in [-0.2, 0) is 14.2 Å². The number of imidazole rings is 1. The molecule has 0 aliphatic carbocycles. The van der Waals surface area contributed by atoms with E-state index in [4.69, 9.17) is 14.2 Å². The first-order valence-electron chi connectivity index (χ1n) is 6.86. The van der Waals surface area contributed by atoms with E-state index < -0.39 is 23.6 Å². The highest BCUT2D eigenvalue weighted by Gasteiger charge is 2.30. The molecule has 0 N–H and O–H groups in total. The fourth-order valence-electron chi connectivity index (χ4n) is 1.54. The van der Waals surface area contributed by atoms with Gasteiger partial charge in [0.2, 0.25) is 0 Å². The summed E-state index contributed by atoms with van der Waals surface area (Å²) in [5.74, 6) is -1.67. The number of rotatable bonds is 4. The quantitative estimate of drug-likeness (QED) is 0.619. The summed E-state index contributed by atoms with van der Waals surface area (Å²) in [5, 5.41) is 0. The van der Waals surface area contributed by atoms with Crippen LogP contribution in [0.3, 0.4) is 0 Å². The molecule has 0 amide bonds. The van der Waals surface area contributed by atoms with Gasteiger partial charge in [0.05, 0.1) is 13.2 Å². The van der Waals surface area contributed by atoms with Gasteiger partial charge in [0, 0.05) is 0 Å². The van der Waals surface area contributed by atoms with Gasteiger partial charge in [-0.3, -0.25) is 0 Å². The molecule has 0 atom stereocenters. The average Bonchev–Trinajstić information content (AvgIpc) is 2.82. The molecular formula is C14H20N2O6. The highest BCUT2D eigenvalue weighted by Crippen LogP contribution is 2.15. The van der Waals surface area contributed by atoms with E-state index in [0.717, 1.165) is 10.9 Å². The summed E-state index contributed by atoms with van der Waals surface area (Å²) in [7, 11) is 0. The summed E-state index contributed by atoms with van der Waals surface area (Å²) in [5.41, 5.74) is -1.36. The van der Waals surface area contributed by atoms with Gasteiger partial charge in [0.15, 0.2) is 11.4 Å². The molecule has 0 saturated carbocycles. The van der Waals surface area contributed by atoms with Gasteiger partial charge in [-0.1, -0.05) is 0 Å². The molecule has 0 unspecified atom stereocenters. The van der Waals surface area contributed by atoms with Crippen LogP contribution in [0.5, 0.6) is 0 Å². The van der Waals surface area contributed by atoms with Gasteiger partial charge < -0.3 is 14.2 Å². The Labute approximate surface area is 128 Å². The Morgan fingerprint density at radius 2 is 1.64 bits per heavy atom. The number of carbonyl (C=O) groups is 3. The second-order valence-electron chi connectivity index (χ2n) is 5.23. The van der Waals surface area contributed by atoms with Crippen molar-refractivity contribution in [3.05, 3.63) is 17.7 Å². The smallest absolute Gasteiger partial charge is 0.420 e. The van der Waals surface area contributed by atoms with Gasteiger partial charge >= 0.3 is 18.0 Å². The summed E-state index contributed by atoms with van der Waals surface area (Å²) in [6.07, 6.45) is 0.200. The minimum absolute atomic E-state index is 0.0839. The zero-order chi connectivity index (χ0) is 16.9. The molecule has 0 saturated heterocycles. The molecule has 0 fully saturated rings. The number of nitrogens with zero attached hydrogens (tertiary/aromatic N) is 2. The number of ether oxygens (including phenoxy) is 3. The van der Waals surface area contributed by atoms with Crippen molar-refractivity contribution in [2.45, 2.75) is 40.2 Å². The Balaban J connectivity index is 3.25. The lowest BCUT2D eigenvalue weighted by Gasteiger charge is -2.19. The summed E-state index contributed by atoms with van der Waals surface area (Å²) in [4.78, 5) is 39.8. The third kappa shape index (κ3) is 4.31. The van der Waals surface area contributed by atoms with E-state index in [2.05, 4.69) is 4.98 Å². The van der Waals surface area contributed by atoms with Crippen LogP contribution in [0.2, 0.25) is 0 Å². The highest BCUT2D eigenvalue weighted by molar-refractivity contribution is 6.02. The first-order valence-corrected chi connectivity index (χ1v) is 6.86. The molecule has 0 bridgehead atoms. The lowest BCUT2D eigenvalue weighted by Crippen LogP contribution is -2.29. The predicted molar refractivity (Wildman–Crippen MR) is 75.8 cm³/mol. The van der Waals surface area contributed by atoms with Crippen molar-refractivity contribution in [1.29, 1.82) is 0 Å². The van der Waals surface area contributed by atoms with E-state index >= 15 is 0 Å². The normalized spacial score (nSPS) is 11.0. The van der Waals surface area contributed by atoms with E-state index in [1.807, 2.05) is 0 Å². The molecule has 8 nitrogen and oxygen atoms in total. The Bertz CT molecular complexity index is 570. The fraction of sp³-hybridized carbons (Fsp3) is 0.571. The van der Waals surface area contributed by atoms with Crippen LogP contribution in [-0.4, -0.2) is 46.4 Å². The van der Waals surface area contributed by atoms with Gasteiger partial charge in [-0.15, -0.1) is 0 Å². The summed E-state index contributed by atoms with van der Waals surface area (Å²) < 4.78 is 15.7. The molecule has 0 spiro atoms.